The minimum absolute atomic E-state index is 0.238. The number of carbonyl (C=O) groups excluding carboxylic acids is 1. The maximum absolute atomic E-state index is 13.4. The molecule has 14 nitrogen and oxygen atoms in total. The molecule has 2 saturated heterocycles. The van der Waals surface area contributed by atoms with E-state index >= 15 is 0 Å². The summed E-state index contributed by atoms with van der Waals surface area (Å²) in [5.41, 5.74) is 0. The highest BCUT2D eigenvalue weighted by molar-refractivity contribution is 5.76. The molecular weight excluding hydrogens is 1240 g/mol. The summed E-state index contributed by atoms with van der Waals surface area (Å²) in [5, 5.41) is 87.7. The van der Waals surface area contributed by atoms with E-state index in [1.54, 1.807) is 6.08 Å². The summed E-state index contributed by atoms with van der Waals surface area (Å²) in [5.74, 6) is -0.238. The first-order chi connectivity index (χ1) is 48.6. The van der Waals surface area contributed by atoms with Gasteiger partial charge in [-0.15, -0.1) is 0 Å². The van der Waals surface area contributed by atoms with Crippen LogP contribution in [0.15, 0.2) is 109 Å². The second kappa shape index (κ2) is 67.8. The van der Waals surface area contributed by atoms with Gasteiger partial charge in [0.25, 0.3) is 0 Å². The van der Waals surface area contributed by atoms with Crippen LogP contribution in [0, 0.1) is 0 Å². The van der Waals surface area contributed by atoms with E-state index in [2.05, 4.69) is 116 Å². The van der Waals surface area contributed by atoms with Crippen molar-refractivity contribution in [3.05, 3.63) is 109 Å². The summed E-state index contributed by atoms with van der Waals surface area (Å²) in [6.07, 6.45) is 81.6. The molecule has 2 fully saturated rings. The van der Waals surface area contributed by atoms with Crippen LogP contribution in [0.3, 0.4) is 0 Å². The van der Waals surface area contributed by atoms with Crippen LogP contribution in [-0.4, -0.2) is 140 Å². The molecule has 0 saturated carbocycles. The zero-order chi connectivity index (χ0) is 71.5. The Kier molecular flexibility index (Phi) is 62.8. The quantitative estimate of drug-likeness (QED) is 0.0204. The summed E-state index contributed by atoms with van der Waals surface area (Å²) in [6.45, 7) is 2.72. The number of aliphatic hydroxyl groups excluding tert-OH is 8. The van der Waals surface area contributed by atoms with Crippen LogP contribution < -0.4 is 5.32 Å². The molecule has 2 aliphatic heterocycles. The molecule has 99 heavy (non-hydrogen) atoms. The van der Waals surface area contributed by atoms with Gasteiger partial charge in [-0.1, -0.05) is 348 Å². The smallest absolute Gasteiger partial charge is 0.220 e. The van der Waals surface area contributed by atoms with Gasteiger partial charge in [-0.25, -0.2) is 0 Å². The van der Waals surface area contributed by atoms with Crippen LogP contribution in [0.1, 0.15) is 328 Å². The second-order valence-electron chi connectivity index (χ2n) is 28.2. The molecule has 0 spiro atoms. The van der Waals surface area contributed by atoms with Crippen molar-refractivity contribution in [1.82, 2.24) is 5.32 Å². The standard InChI is InChI=1S/C85H149NO13/c1-3-5-7-9-11-13-15-17-19-21-23-25-27-29-30-31-32-33-34-35-36-37-38-39-40-41-42-43-44-45-47-49-51-53-55-57-59-61-63-65-67-69-77(90)86-73(72-96-84-82(95)80(93)83(76(71-88)98-84)99-85-81(94)79(92)78(91)75(70-87)97-85)74(89)68-66-64-62-60-58-56-54-52-50-48-46-28-26-24-22-20-18-16-14-12-10-8-6-4-2/h5,7,11,13,17,19,23,25,29-30,32-33,35-36,38-39,66,68,73-76,78-85,87-89,91-95H,3-4,6,8-10,12,14-16,18,20-22,24,26-28,31,34,37,40-65,67,69-72H2,1-2H3,(H,86,90)/b7-5-,13-11-,19-17-,25-23-,30-29-,33-32-,36-35-,39-38-,68-66+. The average molecular weight is 1390 g/mol. The Morgan fingerprint density at radius 1 is 0.374 bits per heavy atom. The molecule has 0 aromatic rings. The maximum Gasteiger partial charge on any atom is 0.220 e. The zero-order valence-corrected chi connectivity index (χ0v) is 62.7. The largest absolute Gasteiger partial charge is 0.394 e. The number of amides is 1. The number of nitrogens with one attached hydrogen (secondary N) is 1. The summed E-state index contributed by atoms with van der Waals surface area (Å²) in [6, 6.07) is -0.921. The van der Waals surface area contributed by atoms with Gasteiger partial charge < -0.3 is 65.1 Å². The molecule has 12 atom stereocenters. The van der Waals surface area contributed by atoms with E-state index in [9.17, 15) is 45.6 Å². The molecule has 2 aliphatic rings. The summed E-state index contributed by atoms with van der Waals surface area (Å²) in [4.78, 5) is 13.4. The third-order valence-corrected chi connectivity index (χ3v) is 19.2. The Morgan fingerprint density at radius 2 is 0.697 bits per heavy atom. The number of ether oxygens (including phenoxy) is 4. The predicted molar refractivity (Wildman–Crippen MR) is 410 cm³/mol. The van der Waals surface area contributed by atoms with E-state index in [4.69, 9.17) is 18.9 Å². The topological polar surface area (TPSA) is 228 Å². The minimum atomic E-state index is -1.79. The zero-order valence-electron chi connectivity index (χ0n) is 62.7. The first-order valence-electron chi connectivity index (χ1n) is 40.6. The summed E-state index contributed by atoms with van der Waals surface area (Å²) in [7, 11) is 0. The fourth-order valence-corrected chi connectivity index (χ4v) is 12.8. The minimum Gasteiger partial charge on any atom is -0.394 e. The molecule has 0 radical (unpaired) electrons. The van der Waals surface area contributed by atoms with Gasteiger partial charge in [-0.05, 0) is 83.5 Å². The van der Waals surface area contributed by atoms with Gasteiger partial charge in [0.15, 0.2) is 12.6 Å². The number of aliphatic hydroxyl groups is 8. The first kappa shape index (κ1) is 91.7. The molecule has 0 aliphatic carbocycles. The third-order valence-electron chi connectivity index (χ3n) is 19.2. The van der Waals surface area contributed by atoms with Gasteiger partial charge in [-0.2, -0.15) is 0 Å². The monoisotopic (exact) mass is 1390 g/mol. The number of hydrogen-bond donors (Lipinski definition) is 9. The summed E-state index contributed by atoms with van der Waals surface area (Å²) >= 11 is 0. The molecule has 2 heterocycles. The molecule has 12 unspecified atom stereocenters. The summed E-state index contributed by atoms with van der Waals surface area (Å²) < 4.78 is 22.9. The Bertz CT molecular complexity index is 2080. The number of carbonyl (C=O) groups is 1. The van der Waals surface area contributed by atoms with Crippen molar-refractivity contribution >= 4 is 5.91 Å². The van der Waals surface area contributed by atoms with E-state index in [0.717, 1.165) is 89.9 Å². The van der Waals surface area contributed by atoms with Gasteiger partial charge in [-0.3, -0.25) is 4.79 Å². The van der Waals surface area contributed by atoms with Crippen LogP contribution in [-0.2, 0) is 23.7 Å². The molecule has 1 amide bonds. The molecular formula is C85H149NO13. The Hall–Kier alpha value is -3.35. The van der Waals surface area contributed by atoms with Crippen molar-refractivity contribution in [3.63, 3.8) is 0 Å². The second-order valence-corrected chi connectivity index (χ2v) is 28.2. The maximum atomic E-state index is 13.4. The normalized spacial score (nSPS) is 22.5. The van der Waals surface area contributed by atoms with E-state index in [1.807, 2.05) is 6.08 Å². The van der Waals surface area contributed by atoms with Crippen molar-refractivity contribution < 1.29 is 64.6 Å². The predicted octanol–water partition coefficient (Wildman–Crippen LogP) is 18.6. The lowest BCUT2D eigenvalue weighted by molar-refractivity contribution is -0.359. The molecule has 14 heteroatoms. The third kappa shape index (κ3) is 50.7. The Labute approximate surface area is 604 Å². The van der Waals surface area contributed by atoms with Gasteiger partial charge in [0.2, 0.25) is 5.91 Å². The number of rotatable bonds is 67. The molecule has 0 bridgehead atoms. The first-order valence-corrected chi connectivity index (χ1v) is 40.6. The van der Waals surface area contributed by atoms with Crippen molar-refractivity contribution in [2.45, 2.75) is 402 Å². The highest BCUT2D eigenvalue weighted by atomic mass is 16.7. The van der Waals surface area contributed by atoms with Gasteiger partial charge in [0.05, 0.1) is 32.0 Å². The number of hydrogen-bond acceptors (Lipinski definition) is 13. The Balaban J connectivity index is 1.59. The number of allylic oxidation sites excluding steroid dienone is 17. The fourth-order valence-electron chi connectivity index (χ4n) is 12.8. The van der Waals surface area contributed by atoms with Crippen molar-refractivity contribution in [2.24, 2.45) is 0 Å². The lowest BCUT2D eigenvalue weighted by Crippen LogP contribution is -2.65. The average Bonchev–Trinajstić information content (AvgIpc) is 0.799. The van der Waals surface area contributed by atoms with Crippen LogP contribution in [0.5, 0.6) is 0 Å². The van der Waals surface area contributed by atoms with Crippen LogP contribution in [0.4, 0.5) is 0 Å². The van der Waals surface area contributed by atoms with E-state index in [1.165, 1.54) is 212 Å². The number of unbranched alkanes of at least 4 members (excludes halogenated alkanes) is 38. The van der Waals surface area contributed by atoms with Crippen molar-refractivity contribution in [1.29, 1.82) is 0 Å². The van der Waals surface area contributed by atoms with E-state index in [0.29, 0.717) is 6.42 Å². The fraction of sp³-hybridized carbons (Fsp3) is 0.776. The van der Waals surface area contributed by atoms with Crippen LogP contribution in [0.25, 0.3) is 0 Å². The van der Waals surface area contributed by atoms with Gasteiger partial charge in [0, 0.05) is 6.42 Å². The molecule has 2 rings (SSSR count). The highest BCUT2D eigenvalue weighted by Gasteiger charge is 2.51. The van der Waals surface area contributed by atoms with Crippen LogP contribution >= 0.6 is 0 Å². The van der Waals surface area contributed by atoms with Gasteiger partial charge in [0.1, 0.15) is 48.8 Å². The van der Waals surface area contributed by atoms with E-state index in [-0.39, 0.29) is 18.9 Å². The molecule has 0 aromatic carbocycles. The van der Waals surface area contributed by atoms with Crippen LogP contribution in [0.2, 0.25) is 0 Å². The SMILES string of the molecule is CC/C=C\C/C=C\C/C=C\C/C=C\C/C=C\C/C=C\C/C=C\C/C=C\CCCCCCCCCCCCCCCCCCC(=O)NC(COC1OC(CO)C(OC2OC(CO)C(O)C(O)C2O)C(O)C1O)C(O)/C=C/CCCCCCCCCCCCCCCCCCCCCCCC. The van der Waals surface area contributed by atoms with Gasteiger partial charge >= 0.3 is 0 Å². The van der Waals surface area contributed by atoms with E-state index < -0.39 is 86.8 Å². The Morgan fingerprint density at radius 3 is 1.07 bits per heavy atom. The van der Waals surface area contributed by atoms with Crippen molar-refractivity contribution in [3.8, 4) is 0 Å². The molecule has 0 aromatic heterocycles. The lowest BCUT2D eigenvalue weighted by Gasteiger charge is -2.46. The highest BCUT2D eigenvalue weighted by Crippen LogP contribution is 2.30. The lowest BCUT2D eigenvalue weighted by atomic mass is 9.97. The molecule has 572 valence electrons. The molecule has 9 N–H and O–H groups in total. The van der Waals surface area contributed by atoms with Crippen molar-refractivity contribution in [2.75, 3.05) is 19.8 Å².